The molecule has 10 heteroatoms. The number of hydrogen-bond donors (Lipinski definition) is 2. The summed E-state index contributed by atoms with van der Waals surface area (Å²) in [5.41, 5.74) is 2.97. The van der Waals surface area contributed by atoms with Crippen LogP contribution in [0.5, 0.6) is 11.5 Å². The molecule has 2 aromatic heterocycles. The molecule has 0 fully saturated rings. The number of benzene rings is 1. The topological polar surface area (TPSA) is 106 Å². The number of nitrogens with one attached hydrogen (secondary N) is 2. The van der Waals surface area contributed by atoms with Crippen LogP contribution in [0.25, 0.3) is 0 Å². The van der Waals surface area contributed by atoms with Gasteiger partial charge in [-0.2, -0.15) is 5.10 Å². The third-order valence-electron chi connectivity index (χ3n) is 3.75. The maximum atomic E-state index is 12.2. The molecule has 2 N–H and O–H groups in total. The average Bonchev–Trinajstić information content (AvgIpc) is 3.48. The molecule has 0 aliphatic rings. The fourth-order valence-electron chi connectivity index (χ4n) is 2.38. The Labute approximate surface area is 186 Å². The molecule has 0 aliphatic heterocycles. The van der Waals surface area contributed by atoms with Crippen molar-refractivity contribution in [2.24, 2.45) is 5.10 Å². The minimum absolute atomic E-state index is 0.199. The van der Waals surface area contributed by atoms with Crippen molar-refractivity contribution in [3.05, 3.63) is 68.5 Å². The van der Waals surface area contributed by atoms with Crippen molar-refractivity contribution in [1.29, 1.82) is 0 Å². The number of carbonyl (C=O) groups is 3. The van der Waals surface area contributed by atoms with Gasteiger partial charge in [0.05, 0.1) is 24.2 Å². The number of thiophene rings is 2. The zero-order chi connectivity index (χ0) is 22.1. The summed E-state index contributed by atoms with van der Waals surface area (Å²) in [7, 11) is 0. The summed E-state index contributed by atoms with van der Waals surface area (Å²) in [6.07, 6.45) is 1.42. The first-order chi connectivity index (χ1) is 15.1. The Morgan fingerprint density at radius 1 is 1.03 bits per heavy atom. The number of nitrogens with zero attached hydrogens (tertiary/aromatic N) is 1. The van der Waals surface area contributed by atoms with Gasteiger partial charge in [-0.3, -0.25) is 9.59 Å². The third-order valence-corrected chi connectivity index (χ3v) is 5.47. The summed E-state index contributed by atoms with van der Waals surface area (Å²) in [5.74, 6) is -0.575. The van der Waals surface area contributed by atoms with Gasteiger partial charge in [0, 0.05) is 0 Å². The van der Waals surface area contributed by atoms with E-state index in [1.54, 1.807) is 53.2 Å². The van der Waals surface area contributed by atoms with Gasteiger partial charge >= 0.3 is 5.97 Å². The Morgan fingerprint density at radius 2 is 1.77 bits per heavy atom. The van der Waals surface area contributed by atoms with Crippen LogP contribution < -0.4 is 20.2 Å². The molecular weight excluding hydrogens is 438 g/mol. The van der Waals surface area contributed by atoms with Crippen LogP contribution in [0, 0.1) is 0 Å². The molecule has 0 radical (unpaired) electrons. The van der Waals surface area contributed by atoms with Crippen LogP contribution in [0.2, 0.25) is 0 Å². The molecule has 0 atom stereocenters. The van der Waals surface area contributed by atoms with E-state index in [2.05, 4.69) is 15.8 Å². The van der Waals surface area contributed by atoms with Crippen LogP contribution in [0.4, 0.5) is 0 Å². The molecular formula is C21H19N3O5S2. The van der Waals surface area contributed by atoms with E-state index in [4.69, 9.17) is 9.47 Å². The molecule has 0 saturated carbocycles. The second-order valence-corrected chi connectivity index (χ2v) is 7.85. The summed E-state index contributed by atoms with van der Waals surface area (Å²) in [5, 5.41) is 9.97. The maximum absolute atomic E-state index is 12.2. The number of ether oxygens (including phenoxy) is 2. The molecule has 0 bridgehead atoms. The average molecular weight is 458 g/mol. The highest BCUT2D eigenvalue weighted by Gasteiger charge is 2.14. The lowest BCUT2D eigenvalue weighted by Crippen LogP contribution is -2.34. The van der Waals surface area contributed by atoms with Gasteiger partial charge in [0.15, 0.2) is 11.5 Å². The fraction of sp³-hybridized carbons (Fsp3) is 0.143. The molecule has 1 aromatic carbocycles. The fourth-order valence-corrected chi connectivity index (χ4v) is 3.62. The van der Waals surface area contributed by atoms with Crippen LogP contribution in [-0.4, -0.2) is 37.1 Å². The Morgan fingerprint density at radius 3 is 2.45 bits per heavy atom. The van der Waals surface area contributed by atoms with Gasteiger partial charge in [-0.05, 0) is 53.6 Å². The van der Waals surface area contributed by atoms with Crippen molar-refractivity contribution in [2.75, 3.05) is 13.2 Å². The highest BCUT2D eigenvalue weighted by atomic mass is 32.1. The SMILES string of the molecule is CCOc1cc(/C=N/NC(=O)CNC(=O)c2cccs2)ccc1OC(=O)c1cccs1. The predicted octanol–water partition coefficient (Wildman–Crippen LogP) is 3.31. The van der Waals surface area contributed by atoms with Crippen LogP contribution >= 0.6 is 22.7 Å². The lowest BCUT2D eigenvalue weighted by Gasteiger charge is -2.10. The highest BCUT2D eigenvalue weighted by Crippen LogP contribution is 2.29. The minimum Gasteiger partial charge on any atom is -0.490 e. The summed E-state index contributed by atoms with van der Waals surface area (Å²) in [6, 6.07) is 11.8. The molecule has 2 heterocycles. The smallest absolute Gasteiger partial charge is 0.353 e. The number of hydrogen-bond acceptors (Lipinski definition) is 8. The summed E-state index contributed by atoms with van der Waals surface area (Å²) in [4.78, 5) is 36.9. The normalized spacial score (nSPS) is 10.6. The van der Waals surface area contributed by atoms with E-state index in [-0.39, 0.29) is 18.2 Å². The van der Waals surface area contributed by atoms with E-state index < -0.39 is 11.9 Å². The predicted molar refractivity (Wildman–Crippen MR) is 119 cm³/mol. The number of amides is 2. The standard InChI is InChI=1S/C21H19N3O5S2/c1-2-28-16-11-14(7-8-15(16)29-21(27)18-6-4-10-31-18)12-23-24-19(25)13-22-20(26)17-5-3-9-30-17/h3-12H,2,13H2,1H3,(H,22,26)(H,24,25)/b23-12+. The Hall–Kier alpha value is -3.50. The molecule has 0 aliphatic carbocycles. The van der Waals surface area contributed by atoms with Crippen molar-refractivity contribution >= 4 is 46.7 Å². The van der Waals surface area contributed by atoms with Gasteiger partial charge in [0.25, 0.3) is 11.8 Å². The van der Waals surface area contributed by atoms with Crippen molar-refractivity contribution < 1.29 is 23.9 Å². The van der Waals surface area contributed by atoms with Gasteiger partial charge in [-0.25, -0.2) is 10.2 Å². The molecule has 0 spiro atoms. The first-order valence-corrected chi connectivity index (χ1v) is 11.0. The first kappa shape index (κ1) is 22.2. The quantitative estimate of drug-likeness (QED) is 0.222. The molecule has 0 unspecified atom stereocenters. The molecule has 2 amide bonds. The van der Waals surface area contributed by atoms with Crippen LogP contribution in [0.15, 0.2) is 58.3 Å². The number of rotatable bonds is 9. The van der Waals surface area contributed by atoms with E-state index >= 15 is 0 Å². The minimum atomic E-state index is -0.465. The van der Waals surface area contributed by atoms with Crippen molar-refractivity contribution in [1.82, 2.24) is 10.7 Å². The number of carbonyl (C=O) groups excluding carboxylic acids is 3. The summed E-state index contributed by atoms with van der Waals surface area (Å²) >= 11 is 2.58. The second-order valence-electron chi connectivity index (χ2n) is 5.96. The Kier molecular flexibility index (Phi) is 7.91. The third kappa shape index (κ3) is 6.49. The van der Waals surface area contributed by atoms with E-state index in [0.29, 0.717) is 27.7 Å². The van der Waals surface area contributed by atoms with Crippen molar-refractivity contribution in [3.63, 3.8) is 0 Å². The Bertz CT molecular complexity index is 1060. The molecule has 3 rings (SSSR count). The summed E-state index contributed by atoms with van der Waals surface area (Å²) in [6.45, 7) is 2.00. The number of esters is 1. The summed E-state index contributed by atoms with van der Waals surface area (Å²) < 4.78 is 11.0. The van der Waals surface area contributed by atoms with Crippen molar-refractivity contribution in [2.45, 2.75) is 6.92 Å². The molecule has 31 heavy (non-hydrogen) atoms. The van der Waals surface area contributed by atoms with Crippen LogP contribution in [0.3, 0.4) is 0 Å². The maximum Gasteiger partial charge on any atom is 0.353 e. The van der Waals surface area contributed by atoms with Gasteiger partial charge in [0.2, 0.25) is 0 Å². The van der Waals surface area contributed by atoms with Gasteiger partial charge in [-0.15, -0.1) is 22.7 Å². The number of hydrazone groups is 1. The first-order valence-electron chi connectivity index (χ1n) is 9.23. The largest absolute Gasteiger partial charge is 0.490 e. The van der Waals surface area contributed by atoms with Gasteiger partial charge in [-0.1, -0.05) is 12.1 Å². The van der Waals surface area contributed by atoms with Gasteiger partial charge in [0.1, 0.15) is 4.88 Å². The van der Waals surface area contributed by atoms with Crippen molar-refractivity contribution in [3.8, 4) is 11.5 Å². The zero-order valence-corrected chi connectivity index (χ0v) is 18.1. The van der Waals surface area contributed by atoms with E-state index in [1.165, 1.54) is 28.9 Å². The van der Waals surface area contributed by atoms with Gasteiger partial charge < -0.3 is 14.8 Å². The lowest BCUT2D eigenvalue weighted by molar-refractivity contribution is -0.120. The molecule has 160 valence electrons. The monoisotopic (exact) mass is 457 g/mol. The molecule has 3 aromatic rings. The Balaban J connectivity index is 1.56. The lowest BCUT2D eigenvalue weighted by atomic mass is 10.2. The van der Waals surface area contributed by atoms with E-state index in [0.717, 1.165) is 0 Å². The molecule has 0 saturated heterocycles. The van der Waals surface area contributed by atoms with E-state index in [1.807, 2.05) is 6.92 Å². The van der Waals surface area contributed by atoms with E-state index in [9.17, 15) is 14.4 Å². The van der Waals surface area contributed by atoms with Crippen LogP contribution in [-0.2, 0) is 4.79 Å². The molecule has 8 nitrogen and oxygen atoms in total. The highest BCUT2D eigenvalue weighted by molar-refractivity contribution is 7.12. The zero-order valence-electron chi connectivity index (χ0n) is 16.5. The van der Waals surface area contributed by atoms with Crippen LogP contribution in [0.1, 0.15) is 31.8 Å². The second kappa shape index (κ2) is 11.0.